The Hall–Kier alpha value is -3.16. The third-order valence-electron chi connectivity index (χ3n) is 3.46. The Bertz CT molecular complexity index is 917. The summed E-state index contributed by atoms with van der Waals surface area (Å²) in [4.78, 5) is 35.5. The zero-order valence-corrected chi connectivity index (χ0v) is 11.3. The first kappa shape index (κ1) is 13.8. The van der Waals surface area contributed by atoms with Gasteiger partial charge in [0.05, 0.1) is 16.8 Å². The number of nitrogen functional groups attached to an aromatic ring is 1. The number of imide groups is 1. The number of anilines is 1. The summed E-state index contributed by atoms with van der Waals surface area (Å²) in [6.45, 7) is 1.52. The normalized spacial score (nSPS) is 13.2. The summed E-state index contributed by atoms with van der Waals surface area (Å²) < 4.78 is 14.3. The highest BCUT2D eigenvalue weighted by molar-refractivity contribution is 6.23. The lowest BCUT2D eigenvalue weighted by Gasteiger charge is -2.14. The van der Waals surface area contributed by atoms with Gasteiger partial charge in [-0.2, -0.15) is 0 Å². The molecule has 1 aromatic carbocycles. The Balaban J connectivity index is 2.37. The Morgan fingerprint density at radius 2 is 1.86 bits per heavy atom. The molecule has 0 radical (unpaired) electrons. The Morgan fingerprint density at radius 3 is 2.55 bits per heavy atom. The van der Waals surface area contributed by atoms with E-state index in [2.05, 4.69) is 0 Å². The van der Waals surface area contributed by atoms with Crippen LogP contribution in [0.2, 0.25) is 0 Å². The maximum atomic E-state index is 13.3. The average Bonchev–Trinajstić information content (AvgIpc) is 2.70. The van der Waals surface area contributed by atoms with Crippen LogP contribution in [0, 0.1) is 12.7 Å². The molecule has 2 heterocycles. The van der Waals surface area contributed by atoms with Gasteiger partial charge in [-0.1, -0.05) is 0 Å². The van der Waals surface area contributed by atoms with E-state index in [1.54, 1.807) is 0 Å². The quantitative estimate of drug-likeness (QED) is 0.662. The van der Waals surface area contributed by atoms with Crippen LogP contribution < -0.4 is 16.6 Å². The van der Waals surface area contributed by atoms with Crippen LogP contribution in [0.4, 0.5) is 10.2 Å². The molecule has 0 atom stereocenters. The molecule has 1 aliphatic heterocycles. The molecular weight excluding hydrogens is 293 g/mol. The van der Waals surface area contributed by atoms with Crippen molar-refractivity contribution in [3.8, 4) is 11.4 Å². The molecule has 0 saturated carbocycles. The lowest BCUT2D eigenvalue weighted by Crippen LogP contribution is -2.24. The highest BCUT2D eigenvalue weighted by atomic mass is 19.1. The smallest absolute Gasteiger partial charge is 0.262 e. The van der Waals surface area contributed by atoms with Crippen LogP contribution in [0.15, 0.2) is 23.0 Å². The molecule has 0 saturated heterocycles. The number of hydrogen-bond donors (Lipinski definition) is 3. The van der Waals surface area contributed by atoms with E-state index >= 15 is 0 Å². The predicted molar refractivity (Wildman–Crippen MR) is 74.6 cm³/mol. The number of pyridine rings is 1. The van der Waals surface area contributed by atoms with Crippen LogP contribution in [0.25, 0.3) is 5.69 Å². The minimum Gasteiger partial charge on any atom is -0.505 e. The number of amides is 2. The van der Waals surface area contributed by atoms with Crippen LogP contribution >= 0.6 is 0 Å². The molecule has 0 aliphatic carbocycles. The highest BCUT2D eigenvalue weighted by Crippen LogP contribution is 2.27. The van der Waals surface area contributed by atoms with Gasteiger partial charge in [-0.05, 0) is 18.6 Å². The Morgan fingerprint density at radius 1 is 1.18 bits per heavy atom. The topological polar surface area (TPSA) is 114 Å². The zero-order valence-electron chi connectivity index (χ0n) is 11.3. The van der Waals surface area contributed by atoms with Crippen molar-refractivity contribution in [2.24, 2.45) is 0 Å². The van der Waals surface area contributed by atoms with Gasteiger partial charge in [-0.3, -0.25) is 24.3 Å². The van der Waals surface area contributed by atoms with Gasteiger partial charge in [-0.15, -0.1) is 0 Å². The van der Waals surface area contributed by atoms with E-state index in [1.165, 1.54) is 6.92 Å². The fourth-order valence-corrected chi connectivity index (χ4v) is 2.42. The number of phenolic OH excluding ortho intramolecular Hbond substituents is 1. The summed E-state index contributed by atoms with van der Waals surface area (Å²) in [5, 5.41) is 11.5. The SMILES string of the molecule is Cc1cc(F)c(O)cc1-n1c(N)c2c(cc1=O)C(=O)NC2=O. The first-order chi connectivity index (χ1) is 10.3. The third kappa shape index (κ3) is 1.77. The fraction of sp³-hybridized carbons (Fsp3) is 0.0714. The number of carbonyl (C=O) groups excluding carboxylic acids is 2. The van der Waals surface area contributed by atoms with E-state index in [0.29, 0.717) is 5.56 Å². The van der Waals surface area contributed by atoms with Crippen molar-refractivity contribution in [2.45, 2.75) is 6.92 Å². The van der Waals surface area contributed by atoms with Crippen LogP contribution in [-0.4, -0.2) is 21.5 Å². The van der Waals surface area contributed by atoms with Gasteiger partial charge in [0.1, 0.15) is 5.82 Å². The second-order valence-electron chi connectivity index (χ2n) is 4.87. The first-order valence-electron chi connectivity index (χ1n) is 6.22. The fourth-order valence-electron chi connectivity index (χ4n) is 2.42. The Kier molecular flexibility index (Phi) is 2.77. The number of nitrogens with two attached hydrogens (primary N) is 1. The van der Waals surface area contributed by atoms with Gasteiger partial charge in [0, 0.05) is 12.1 Å². The summed E-state index contributed by atoms with van der Waals surface area (Å²) in [6.07, 6.45) is 0. The highest BCUT2D eigenvalue weighted by Gasteiger charge is 2.32. The van der Waals surface area contributed by atoms with Crippen molar-refractivity contribution < 1.29 is 19.1 Å². The van der Waals surface area contributed by atoms with E-state index < -0.39 is 28.9 Å². The number of nitrogens with one attached hydrogen (secondary N) is 1. The number of fused-ring (bicyclic) bond motifs is 1. The Labute approximate surface area is 122 Å². The number of nitrogens with zero attached hydrogens (tertiary/aromatic N) is 1. The molecular formula is C14H10FN3O4. The van der Waals surface area contributed by atoms with E-state index in [4.69, 9.17) is 5.73 Å². The second kappa shape index (κ2) is 4.42. The zero-order chi connectivity index (χ0) is 16.2. The van der Waals surface area contributed by atoms with Gasteiger partial charge in [0.25, 0.3) is 17.4 Å². The van der Waals surface area contributed by atoms with Gasteiger partial charge in [0.15, 0.2) is 11.6 Å². The van der Waals surface area contributed by atoms with Crippen molar-refractivity contribution in [1.29, 1.82) is 0 Å². The lowest BCUT2D eigenvalue weighted by molar-refractivity contribution is 0.0880. The van der Waals surface area contributed by atoms with Crippen molar-refractivity contribution in [3.05, 3.63) is 51.1 Å². The number of aromatic nitrogens is 1. The van der Waals surface area contributed by atoms with E-state index in [-0.39, 0.29) is 22.6 Å². The minimum atomic E-state index is -0.845. The predicted octanol–water partition coefficient (Wildman–Crippen LogP) is 0.456. The van der Waals surface area contributed by atoms with Crippen LogP contribution in [0.5, 0.6) is 5.75 Å². The summed E-state index contributed by atoms with van der Waals surface area (Å²) in [6, 6.07) is 3.05. The number of phenols is 1. The third-order valence-corrected chi connectivity index (χ3v) is 3.46. The monoisotopic (exact) mass is 303 g/mol. The van der Waals surface area contributed by atoms with Crippen molar-refractivity contribution >= 4 is 17.6 Å². The maximum absolute atomic E-state index is 13.3. The number of benzene rings is 1. The van der Waals surface area contributed by atoms with Gasteiger partial charge < -0.3 is 10.8 Å². The summed E-state index contributed by atoms with van der Waals surface area (Å²) >= 11 is 0. The minimum absolute atomic E-state index is 0.104. The summed E-state index contributed by atoms with van der Waals surface area (Å²) in [5.41, 5.74) is 5.41. The van der Waals surface area contributed by atoms with Gasteiger partial charge >= 0.3 is 0 Å². The molecule has 0 unspecified atom stereocenters. The van der Waals surface area contributed by atoms with Crippen LogP contribution in [-0.2, 0) is 0 Å². The number of halogens is 1. The molecule has 22 heavy (non-hydrogen) atoms. The molecule has 112 valence electrons. The van der Waals surface area contributed by atoms with Crippen LogP contribution in [0.3, 0.4) is 0 Å². The molecule has 8 heteroatoms. The maximum Gasteiger partial charge on any atom is 0.262 e. The lowest BCUT2D eigenvalue weighted by atomic mass is 10.1. The molecule has 4 N–H and O–H groups in total. The van der Waals surface area contributed by atoms with E-state index in [9.17, 15) is 23.9 Å². The van der Waals surface area contributed by atoms with Crippen molar-refractivity contribution in [1.82, 2.24) is 9.88 Å². The number of carbonyl (C=O) groups is 2. The molecule has 7 nitrogen and oxygen atoms in total. The molecule has 2 amide bonds. The van der Waals surface area contributed by atoms with Gasteiger partial charge in [-0.25, -0.2) is 4.39 Å². The summed E-state index contributed by atoms with van der Waals surface area (Å²) in [5.74, 6) is -3.17. The average molecular weight is 303 g/mol. The number of aryl methyl sites for hydroxylation is 1. The number of aromatic hydroxyl groups is 1. The standard InChI is InChI=1S/C14H10FN3O4/c1-5-2-7(15)9(19)4-8(5)18-10(20)3-6-11(12(18)16)14(22)17-13(6)21/h2-4,19H,16H2,1H3,(H,17,21,22). The van der Waals surface area contributed by atoms with Crippen LogP contribution in [0.1, 0.15) is 26.3 Å². The summed E-state index contributed by atoms with van der Waals surface area (Å²) in [7, 11) is 0. The van der Waals surface area contributed by atoms with Crippen molar-refractivity contribution in [2.75, 3.05) is 5.73 Å². The van der Waals surface area contributed by atoms with Crippen molar-refractivity contribution in [3.63, 3.8) is 0 Å². The molecule has 2 aromatic rings. The second-order valence-corrected chi connectivity index (χ2v) is 4.87. The van der Waals surface area contributed by atoms with E-state index in [1.807, 2.05) is 5.32 Å². The molecule has 0 bridgehead atoms. The largest absolute Gasteiger partial charge is 0.505 e. The first-order valence-corrected chi connectivity index (χ1v) is 6.22. The van der Waals surface area contributed by atoms with Gasteiger partial charge in [0.2, 0.25) is 0 Å². The molecule has 0 spiro atoms. The molecule has 3 rings (SSSR count). The molecule has 0 fully saturated rings. The number of hydrogen-bond acceptors (Lipinski definition) is 5. The molecule has 1 aromatic heterocycles. The van der Waals surface area contributed by atoms with E-state index in [0.717, 1.165) is 22.8 Å². The molecule has 1 aliphatic rings. The number of rotatable bonds is 1.